The number of aliphatic hydroxyl groups excluding tert-OH is 1. The van der Waals surface area contributed by atoms with E-state index in [0.29, 0.717) is 6.42 Å². The molecule has 0 saturated heterocycles. The predicted molar refractivity (Wildman–Crippen MR) is 135 cm³/mol. The van der Waals surface area contributed by atoms with Crippen LogP contribution in [0.5, 0.6) is 5.75 Å². The number of aromatic hydroxyl groups is 1. The van der Waals surface area contributed by atoms with Gasteiger partial charge in [0.2, 0.25) is 5.78 Å². The van der Waals surface area contributed by atoms with Crippen LogP contribution in [0.4, 0.5) is 5.69 Å². The second-order valence-corrected chi connectivity index (χ2v) is 11.9. The molecule has 0 heterocycles. The van der Waals surface area contributed by atoms with Crippen LogP contribution in [0.2, 0.25) is 0 Å². The van der Waals surface area contributed by atoms with Gasteiger partial charge in [0.15, 0.2) is 12.4 Å². The van der Waals surface area contributed by atoms with E-state index in [1.165, 1.54) is 18.2 Å². The molecule has 0 radical (unpaired) electrons. The van der Waals surface area contributed by atoms with Crippen molar-refractivity contribution in [2.45, 2.75) is 58.2 Å². The van der Waals surface area contributed by atoms with Crippen LogP contribution in [-0.2, 0) is 14.3 Å². The summed E-state index contributed by atoms with van der Waals surface area (Å²) in [4.78, 5) is 38.1. The number of nitrogen functional groups attached to an aromatic ring is 1. The molecule has 5 rings (SSSR count). The van der Waals surface area contributed by atoms with Crippen molar-refractivity contribution in [3.05, 3.63) is 47.6 Å². The van der Waals surface area contributed by atoms with E-state index in [-0.39, 0.29) is 59.3 Å². The average molecular weight is 510 g/mol. The van der Waals surface area contributed by atoms with E-state index in [1.54, 1.807) is 12.2 Å². The summed E-state index contributed by atoms with van der Waals surface area (Å²) in [6.07, 6.45) is 6.26. The SMILES string of the molecule is CC1CC2C(C(O)CC3(C)C2CCC3(O)C(=O)COC(=O)c2cc(N)ccc2O)C2(C)C=CC(=O)C=C12. The highest BCUT2D eigenvalue weighted by Crippen LogP contribution is 2.67. The van der Waals surface area contributed by atoms with E-state index in [4.69, 9.17) is 10.5 Å². The predicted octanol–water partition coefficient (Wildman–Crippen LogP) is 2.96. The Kier molecular flexibility index (Phi) is 5.92. The molecule has 0 aliphatic heterocycles. The molecule has 8 heteroatoms. The number of phenols is 1. The highest BCUT2D eigenvalue weighted by Gasteiger charge is 2.68. The fourth-order valence-corrected chi connectivity index (χ4v) is 8.26. The van der Waals surface area contributed by atoms with Crippen LogP contribution >= 0.6 is 0 Å². The second-order valence-electron chi connectivity index (χ2n) is 11.9. The molecular formula is C29H35NO7. The summed E-state index contributed by atoms with van der Waals surface area (Å²) in [5.74, 6) is -1.82. The summed E-state index contributed by atoms with van der Waals surface area (Å²) in [7, 11) is 0. The quantitative estimate of drug-likeness (QED) is 0.275. The van der Waals surface area contributed by atoms with Gasteiger partial charge in [0, 0.05) is 22.4 Å². The standard InChI is InChI=1S/C29H35NO7/c1-15-10-18-20-7-9-29(36,24(34)14-37-26(35)19-11-16(30)4-5-22(19)32)28(20,3)13-23(33)25(18)27(2)8-6-17(31)12-21(15)27/h4-6,8,11-12,15,18,20,23,25,32-33,36H,7,9-10,13-14,30H2,1-3H3. The summed E-state index contributed by atoms with van der Waals surface area (Å²) < 4.78 is 5.20. The van der Waals surface area contributed by atoms with E-state index in [0.717, 1.165) is 12.0 Å². The van der Waals surface area contributed by atoms with Crippen molar-refractivity contribution in [2.75, 3.05) is 12.3 Å². The Labute approximate surface area is 216 Å². The first-order chi connectivity index (χ1) is 17.3. The van der Waals surface area contributed by atoms with Gasteiger partial charge in [0.25, 0.3) is 0 Å². The molecule has 8 nitrogen and oxygen atoms in total. The molecule has 3 fully saturated rings. The van der Waals surface area contributed by atoms with Crippen LogP contribution in [0.3, 0.4) is 0 Å². The Morgan fingerprint density at radius 2 is 1.97 bits per heavy atom. The second kappa shape index (κ2) is 8.53. The van der Waals surface area contributed by atoms with Gasteiger partial charge >= 0.3 is 5.97 Å². The number of phenolic OH excluding ortho intramolecular Hbond substituents is 1. The number of hydrogen-bond donors (Lipinski definition) is 4. The molecule has 37 heavy (non-hydrogen) atoms. The zero-order valence-corrected chi connectivity index (χ0v) is 21.4. The Hall–Kier alpha value is -2.97. The van der Waals surface area contributed by atoms with Crippen LogP contribution in [0, 0.1) is 34.5 Å². The third kappa shape index (κ3) is 3.67. The van der Waals surface area contributed by atoms with Gasteiger partial charge in [0.1, 0.15) is 16.9 Å². The van der Waals surface area contributed by atoms with Crippen LogP contribution in [-0.4, -0.2) is 51.2 Å². The first-order valence-corrected chi connectivity index (χ1v) is 13.0. The molecule has 3 saturated carbocycles. The van der Waals surface area contributed by atoms with Crippen molar-refractivity contribution >= 4 is 23.2 Å². The van der Waals surface area contributed by atoms with Gasteiger partial charge in [0.05, 0.1) is 6.10 Å². The molecule has 1 aromatic rings. The van der Waals surface area contributed by atoms with Crippen molar-refractivity contribution in [1.82, 2.24) is 0 Å². The van der Waals surface area contributed by atoms with Gasteiger partial charge in [-0.1, -0.05) is 32.4 Å². The largest absolute Gasteiger partial charge is 0.507 e. The summed E-state index contributed by atoms with van der Waals surface area (Å²) in [6.45, 7) is 5.40. The number of carbonyl (C=O) groups excluding carboxylic acids is 3. The number of rotatable bonds is 4. The monoisotopic (exact) mass is 509 g/mol. The maximum atomic E-state index is 13.4. The molecule has 0 amide bonds. The van der Waals surface area contributed by atoms with Gasteiger partial charge in [-0.15, -0.1) is 0 Å². The van der Waals surface area contributed by atoms with Gasteiger partial charge < -0.3 is 25.8 Å². The molecule has 4 aliphatic rings. The lowest BCUT2D eigenvalue weighted by atomic mass is 9.45. The highest BCUT2D eigenvalue weighted by atomic mass is 16.5. The van der Waals surface area contributed by atoms with Gasteiger partial charge in [-0.25, -0.2) is 4.79 Å². The number of carbonyl (C=O) groups is 3. The topological polar surface area (TPSA) is 147 Å². The maximum absolute atomic E-state index is 13.4. The van der Waals surface area contributed by atoms with Crippen LogP contribution in [0.1, 0.15) is 56.8 Å². The third-order valence-electron chi connectivity index (χ3n) is 10.0. The Morgan fingerprint density at radius 3 is 2.70 bits per heavy atom. The van der Waals surface area contributed by atoms with Crippen molar-refractivity contribution in [1.29, 1.82) is 0 Å². The molecule has 5 N–H and O–H groups in total. The normalized spacial score (nSPS) is 40.3. The molecule has 4 aliphatic carbocycles. The Balaban J connectivity index is 1.39. The van der Waals surface area contributed by atoms with E-state index >= 15 is 0 Å². The van der Waals surface area contributed by atoms with Gasteiger partial charge in [-0.05, 0) is 73.8 Å². The number of anilines is 1. The minimum absolute atomic E-state index is 0.0182. The molecule has 1 aromatic carbocycles. The number of nitrogens with two attached hydrogens (primary N) is 1. The van der Waals surface area contributed by atoms with Gasteiger partial charge in [-0.2, -0.15) is 0 Å². The van der Waals surface area contributed by atoms with E-state index < -0.39 is 40.9 Å². The smallest absolute Gasteiger partial charge is 0.342 e. The highest BCUT2D eigenvalue weighted by molar-refractivity contribution is 6.01. The molecule has 0 spiro atoms. The fraction of sp³-hybridized carbons (Fsp3) is 0.552. The lowest BCUT2D eigenvalue weighted by molar-refractivity contribution is -0.180. The molecule has 8 unspecified atom stereocenters. The number of benzene rings is 1. The number of aliphatic hydroxyl groups is 2. The number of hydrogen-bond acceptors (Lipinski definition) is 8. The molecule has 0 aromatic heterocycles. The zero-order chi connectivity index (χ0) is 26.9. The first-order valence-electron chi connectivity index (χ1n) is 13.0. The van der Waals surface area contributed by atoms with Gasteiger partial charge in [-0.3, -0.25) is 9.59 Å². The van der Waals surface area contributed by atoms with Crippen molar-refractivity contribution in [3.8, 4) is 5.75 Å². The van der Waals surface area contributed by atoms with Crippen LogP contribution < -0.4 is 5.73 Å². The van der Waals surface area contributed by atoms with Crippen molar-refractivity contribution in [3.63, 3.8) is 0 Å². The van der Waals surface area contributed by atoms with Crippen molar-refractivity contribution < 1.29 is 34.4 Å². The lowest BCUT2D eigenvalue weighted by Gasteiger charge is -2.60. The number of Topliss-reactive ketones (excluding diaryl/α,β-unsaturated/α-hetero) is 1. The lowest BCUT2D eigenvalue weighted by Crippen LogP contribution is -2.62. The molecular weight excluding hydrogens is 474 g/mol. The number of ether oxygens (including phenoxy) is 1. The van der Waals surface area contributed by atoms with E-state index in [2.05, 4.69) is 13.8 Å². The summed E-state index contributed by atoms with van der Waals surface area (Å²) in [5.41, 5.74) is 3.72. The summed E-state index contributed by atoms with van der Waals surface area (Å²) in [5, 5.41) is 33.3. The number of fused-ring (bicyclic) bond motifs is 5. The van der Waals surface area contributed by atoms with E-state index in [9.17, 15) is 29.7 Å². The Morgan fingerprint density at radius 1 is 1.24 bits per heavy atom. The minimum Gasteiger partial charge on any atom is -0.507 e. The summed E-state index contributed by atoms with van der Waals surface area (Å²) in [6, 6.07) is 3.98. The summed E-state index contributed by atoms with van der Waals surface area (Å²) >= 11 is 0. The Bertz CT molecular complexity index is 1240. The number of esters is 1. The first kappa shape index (κ1) is 25.7. The molecule has 8 atom stereocenters. The average Bonchev–Trinajstić information content (AvgIpc) is 3.11. The third-order valence-corrected chi connectivity index (χ3v) is 10.0. The molecule has 198 valence electrons. The number of ketones is 2. The van der Waals surface area contributed by atoms with E-state index in [1.807, 2.05) is 13.0 Å². The zero-order valence-electron chi connectivity index (χ0n) is 21.4. The maximum Gasteiger partial charge on any atom is 0.342 e. The van der Waals surface area contributed by atoms with Crippen LogP contribution in [0.15, 0.2) is 42.0 Å². The number of allylic oxidation sites excluding steroid dienone is 4. The molecule has 0 bridgehead atoms. The fourth-order valence-electron chi connectivity index (χ4n) is 8.26. The van der Waals surface area contributed by atoms with Crippen LogP contribution in [0.25, 0.3) is 0 Å². The minimum atomic E-state index is -1.76. The van der Waals surface area contributed by atoms with Crippen molar-refractivity contribution in [2.24, 2.45) is 34.5 Å².